The number of ether oxygens (including phenoxy) is 1. The molecule has 15 heavy (non-hydrogen) atoms. The molecule has 1 aromatic rings. The number of hydrogen-bond donors (Lipinski definition) is 0. The largest absolute Gasteiger partial charge is 0.495 e. The molecular weight excluding hydrogens is 214 g/mol. The zero-order valence-corrected chi connectivity index (χ0v) is 9.04. The van der Waals surface area contributed by atoms with Crippen molar-refractivity contribution in [2.45, 2.75) is 12.8 Å². The van der Waals surface area contributed by atoms with E-state index in [1.807, 2.05) is 6.07 Å². The topological polar surface area (TPSA) is 50.1 Å². The van der Waals surface area contributed by atoms with E-state index in [0.717, 1.165) is 5.56 Å². The van der Waals surface area contributed by atoms with Gasteiger partial charge in [-0.2, -0.15) is 5.26 Å². The van der Waals surface area contributed by atoms with E-state index in [9.17, 15) is 4.79 Å². The number of halogens is 1. The lowest BCUT2D eigenvalue weighted by Gasteiger charge is -2.04. The molecule has 0 bridgehead atoms. The molecule has 0 atom stereocenters. The Labute approximate surface area is 93.2 Å². The van der Waals surface area contributed by atoms with Crippen molar-refractivity contribution in [2.75, 3.05) is 7.11 Å². The summed E-state index contributed by atoms with van der Waals surface area (Å²) >= 11 is 5.89. The molecule has 0 amide bonds. The minimum atomic E-state index is -0.112. The molecule has 0 saturated carbocycles. The average Bonchev–Trinajstić information content (AvgIpc) is 2.18. The number of rotatable bonds is 4. The highest BCUT2D eigenvalue weighted by Crippen LogP contribution is 2.25. The third-order valence-corrected chi connectivity index (χ3v) is 2.19. The first kappa shape index (κ1) is 11.5. The second-order valence-electron chi connectivity index (χ2n) is 3.02. The van der Waals surface area contributed by atoms with Crippen molar-refractivity contribution in [1.82, 2.24) is 0 Å². The van der Waals surface area contributed by atoms with Crippen LogP contribution in [0.1, 0.15) is 12.0 Å². The first-order valence-electron chi connectivity index (χ1n) is 4.38. The lowest BCUT2D eigenvalue weighted by molar-refractivity contribution is -0.117. The molecule has 0 fully saturated rings. The van der Waals surface area contributed by atoms with Crippen LogP contribution in [0.4, 0.5) is 0 Å². The van der Waals surface area contributed by atoms with E-state index < -0.39 is 0 Å². The van der Waals surface area contributed by atoms with E-state index in [0.29, 0.717) is 10.8 Å². The van der Waals surface area contributed by atoms with Crippen LogP contribution in [0.25, 0.3) is 0 Å². The van der Waals surface area contributed by atoms with Crippen LogP contribution >= 0.6 is 11.6 Å². The smallest absolute Gasteiger partial charge is 0.151 e. The number of hydrogen-bond acceptors (Lipinski definition) is 3. The van der Waals surface area contributed by atoms with Crippen LogP contribution in [0.5, 0.6) is 5.75 Å². The van der Waals surface area contributed by atoms with Gasteiger partial charge in [-0.15, -0.1) is 0 Å². The molecule has 0 saturated heterocycles. The molecule has 0 heterocycles. The summed E-state index contributed by atoms with van der Waals surface area (Å²) in [5, 5.41) is 8.81. The minimum Gasteiger partial charge on any atom is -0.495 e. The molecule has 0 radical (unpaired) electrons. The Morgan fingerprint density at radius 3 is 2.87 bits per heavy atom. The maximum atomic E-state index is 11.2. The number of carbonyl (C=O) groups excluding carboxylic acids is 1. The Bertz CT molecular complexity index is 410. The third kappa shape index (κ3) is 3.26. The van der Waals surface area contributed by atoms with Gasteiger partial charge in [0.1, 0.15) is 5.75 Å². The number of ketones is 1. The Hall–Kier alpha value is -1.53. The lowest BCUT2D eigenvalue weighted by atomic mass is 10.1. The van der Waals surface area contributed by atoms with E-state index in [1.54, 1.807) is 18.2 Å². The standard InChI is InChI=1S/C11H10ClNO2/c1-15-11-3-2-8(7-10(11)12)6-9(14)4-5-13/h2-3,7H,4,6H2,1H3. The molecule has 0 spiro atoms. The SMILES string of the molecule is COc1ccc(CC(=O)CC#N)cc1Cl. The predicted molar refractivity (Wildman–Crippen MR) is 56.9 cm³/mol. The molecule has 0 aliphatic carbocycles. The highest BCUT2D eigenvalue weighted by Gasteiger charge is 2.06. The van der Waals surface area contributed by atoms with Gasteiger partial charge < -0.3 is 4.74 Å². The molecule has 1 aromatic carbocycles. The Morgan fingerprint density at radius 1 is 1.60 bits per heavy atom. The maximum absolute atomic E-state index is 11.2. The van der Waals surface area contributed by atoms with Gasteiger partial charge in [0.2, 0.25) is 0 Å². The van der Waals surface area contributed by atoms with Crippen molar-refractivity contribution in [1.29, 1.82) is 5.26 Å². The summed E-state index contributed by atoms with van der Waals surface area (Å²) in [7, 11) is 1.53. The molecule has 0 aliphatic heterocycles. The van der Waals surface area contributed by atoms with E-state index in [1.165, 1.54) is 7.11 Å². The Kier molecular flexibility index (Phi) is 4.14. The number of methoxy groups -OCH3 is 1. The number of nitriles is 1. The lowest BCUT2D eigenvalue weighted by Crippen LogP contribution is -2.01. The predicted octanol–water partition coefficient (Wildman–Crippen LogP) is 2.37. The van der Waals surface area contributed by atoms with E-state index in [2.05, 4.69) is 0 Å². The second kappa shape index (κ2) is 5.38. The number of nitrogens with zero attached hydrogens (tertiary/aromatic N) is 1. The molecule has 0 aliphatic rings. The fourth-order valence-electron chi connectivity index (χ4n) is 1.20. The normalized spacial score (nSPS) is 9.40. The van der Waals surface area contributed by atoms with Gasteiger partial charge in [-0.3, -0.25) is 4.79 Å². The molecule has 78 valence electrons. The summed E-state index contributed by atoms with van der Waals surface area (Å²) < 4.78 is 4.98. The second-order valence-corrected chi connectivity index (χ2v) is 3.43. The number of carbonyl (C=O) groups is 1. The van der Waals surface area contributed by atoms with Crippen molar-refractivity contribution >= 4 is 17.4 Å². The molecule has 0 N–H and O–H groups in total. The van der Waals surface area contributed by atoms with E-state index in [-0.39, 0.29) is 18.6 Å². The molecule has 3 nitrogen and oxygen atoms in total. The van der Waals surface area contributed by atoms with E-state index in [4.69, 9.17) is 21.6 Å². The van der Waals surface area contributed by atoms with Crippen LogP contribution in [0, 0.1) is 11.3 Å². The molecule has 0 aromatic heterocycles. The monoisotopic (exact) mass is 223 g/mol. The highest BCUT2D eigenvalue weighted by molar-refractivity contribution is 6.32. The van der Waals surface area contributed by atoms with Crippen LogP contribution < -0.4 is 4.74 Å². The third-order valence-electron chi connectivity index (χ3n) is 1.89. The van der Waals surface area contributed by atoms with Gasteiger partial charge in [-0.25, -0.2) is 0 Å². The van der Waals surface area contributed by atoms with Crippen molar-refractivity contribution < 1.29 is 9.53 Å². The Balaban J connectivity index is 2.76. The van der Waals surface area contributed by atoms with Gasteiger partial charge in [0.15, 0.2) is 5.78 Å². The van der Waals surface area contributed by atoms with Gasteiger partial charge in [-0.1, -0.05) is 17.7 Å². The summed E-state index contributed by atoms with van der Waals surface area (Å²) in [4.78, 5) is 11.2. The quantitative estimate of drug-likeness (QED) is 0.788. The zero-order valence-electron chi connectivity index (χ0n) is 8.29. The maximum Gasteiger partial charge on any atom is 0.151 e. The van der Waals surface area contributed by atoms with Crippen LogP contribution in [0.3, 0.4) is 0 Å². The van der Waals surface area contributed by atoms with Crippen LogP contribution in [0.2, 0.25) is 5.02 Å². The van der Waals surface area contributed by atoms with Gasteiger partial charge in [0.25, 0.3) is 0 Å². The summed E-state index contributed by atoms with van der Waals surface area (Å²) in [6.07, 6.45) is 0.168. The summed E-state index contributed by atoms with van der Waals surface area (Å²) in [6, 6.07) is 6.96. The Morgan fingerprint density at radius 2 is 2.33 bits per heavy atom. The van der Waals surface area contributed by atoms with Gasteiger partial charge >= 0.3 is 0 Å². The van der Waals surface area contributed by atoms with Gasteiger partial charge in [0, 0.05) is 6.42 Å². The fourth-order valence-corrected chi connectivity index (χ4v) is 1.48. The summed E-state index contributed by atoms with van der Waals surface area (Å²) in [5.41, 5.74) is 0.793. The van der Waals surface area contributed by atoms with Crippen LogP contribution in [-0.4, -0.2) is 12.9 Å². The fraction of sp³-hybridized carbons (Fsp3) is 0.273. The van der Waals surface area contributed by atoms with Crippen molar-refractivity contribution in [3.05, 3.63) is 28.8 Å². The van der Waals surface area contributed by atoms with Crippen molar-refractivity contribution in [2.24, 2.45) is 0 Å². The average molecular weight is 224 g/mol. The van der Waals surface area contributed by atoms with Gasteiger partial charge in [0.05, 0.1) is 24.6 Å². The van der Waals surface area contributed by atoms with Gasteiger partial charge in [-0.05, 0) is 17.7 Å². The molecular formula is C11H10ClNO2. The zero-order chi connectivity index (χ0) is 11.3. The molecule has 1 rings (SSSR count). The first-order chi connectivity index (χ1) is 7.17. The summed E-state index contributed by atoms with van der Waals surface area (Å²) in [5.74, 6) is 0.465. The minimum absolute atomic E-state index is 0.0658. The van der Waals surface area contributed by atoms with Crippen molar-refractivity contribution in [3.8, 4) is 11.8 Å². The highest BCUT2D eigenvalue weighted by atomic mass is 35.5. The number of Topliss-reactive ketones (excluding diaryl/α,β-unsaturated/α-hetero) is 1. The van der Waals surface area contributed by atoms with Crippen LogP contribution in [-0.2, 0) is 11.2 Å². The molecule has 0 unspecified atom stereocenters. The number of benzene rings is 1. The van der Waals surface area contributed by atoms with Crippen molar-refractivity contribution in [3.63, 3.8) is 0 Å². The van der Waals surface area contributed by atoms with E-state index >= 15 is 0 Å². The first-order valence-corrected chi connectivity index (χ1v) is 4.76. The summed E-state index contributed by atoms with van der Waals surface area (Å²) in [6.45, 7) is 0. The van der Waals surface area contributed by atoms with Crippen LogP contribution in [0.15, 0.2) is 18.2 Å². The molecule has 4 heteroatoms.